The van der Waals surface area contributed by atoms with Gasteiger partial charge in [-0.2, -0.15) is 0 Å². The summed E-state index contributed by atoms with van der Waals surface area (Å²) in [7, 11) is 1.51. The zero-order valence-electron chi connectivity index (χ0n) is 8.01. The molecule has 15 heavy (non-hydrogen) atoms. The number of aldehydes is 1. The average molecular weight is 204 g/mol. The second kappa shape index (κ2) is 3.53. The van der Waals surface area contributed by atoms with Crippen molar-refractivity contribution in [3.05, 3.63) is 34.9 Å². The molecule has 0 bridgehead atoms. The molecule has 0 aliphatic heterocycles. The summed E-state index contributed by atoms with van der Waals surface area (Å²) in [6, 6.07) is 5.16. The molecule has 0 N–H and O–H groups in total. The molecule has 0 radical (unpaired) electrons. The first-order valence-electron chi connectivity index (χ1n) is 4.28. The predicted octanol–water partition coefficient (Wildman–Crippen LogP) is 1.99. The number of hydrogen-bond donors (Lipinski definition) is 0. The second-order valence-corrected chi connectivity index (χ2v) is 2.98. The Morgan fingerprint density at radius 3 is 2.87 bits per heavy atom. The molecule has 0 saturated heterocycles. The zero-order valence-corrected chi connectivity index (χ0v) is 8.01. The van der Waals surface area contributed by atoms with Gasteiger partial charge in [0.25, 0.3) is 0 Å². The monoisotopic (exact) mass is 204 g/mol. The molecular formula is C10H8N2O3. The van der Waals surface area contributed by atoms with E-state index in [-0.39, 0.29) is 0 Å². The summed E-state index contributed by atoms with van der Waals surface area (Å²) in [6.07, 6.45) is 2.06. The van der Waals surface area contributed by atoms with E-state index in [1.165, 1.54) is 13.3 Å². The molecule has 0 amide bonds. The standard InChI is InChI=1S/C10H8N2O3/c1-15-9-4-2-3-8-10(9)7(6-13)5-12(8)11-14/h2-6H,1H3. The van der Waals surface area contributed by atoms with E-state index >= 15 is 0 Å². The third-order valence-corrected chi connectivity index (χ3v) is 2.24. The summed E-state index contributed by atoms with van der Waals surface area (Å²) in [5.41, 5.74) is 0.952. The molecule has 5 nitrogen and oxygen atoms in total. The lowest BCUT2D eigenvalue weighted by Gasteiger charge is -2.01. The minimum atomic E-state index is 0.391. The van der Waals surface area contributed by atoms with Crippen LogP contribution in [0.2, 0.25) is 0 Å². The number of nitroso groups, excluding NO2 is 1. The summed E-state index contributed by atoms with van der Waals surface area (Å²) < 4.78 is 6.22. The molecular weight excluding hydrogens is 196 g/mol. The molecule has 1 heterocycles. The molecule has 0 atom stereocenters. The number of fused-ring (bicyclic) bond motifs is 1. The topological polar surface area (TPSA) is 60.7 Å². The van der Waals surface area contributed by atoms with Gasteiger partial charge in [0.15, 0.2) is 6.29 Å². The Morgan fingerprint density at radius 2 is 2.27 bits per heavy atom. The lowest BCUT2D eigenvalue weighted by molar-refractivity contribution is 0.112. The van der Waals surface area contributed by atoms with Gasteiger partial charge in [-0.05, 0) is 12.1 Å². The Bertz CT molecular complexity index is 531. The van der Waals surface area contributed by atoms with Gasteiger partial charge in [0.1, 0.15) is 5.75 Å². The molecule has 0 aliphatic rings. The fourth-order valence-corrected chi connectivity index (χ4v) is 1.59. The Kier molecular flexibility index (Phi) is 2.21. The number of methoxy groups -OCH3 is 1. The van der Waals surface area contributed by atoms with Crippen LogP contribution in [0.1, 0.15) is 10.4 Å². The Balaban J connectivity index is 2.90. The number of rotatable bonds is 3. The van der Waals surface area contributed by atoms with E-state index in [1.54, 1.807) is 18.2 Å². The van der Waals surface area contributed by atoms with Gasteiger partial charge in [0.05, 0.1) is 23.3 Å². The van der Waals surface area contributed by atoms with Crippen molar-refractivity contribution in [1.82, 2.24) is 4.68 Å². The predicted molar refractivity (Wildman–Crippen MR) is 55.1 cm³/mol. The molecule has 5 heteroatoms. The van der Waals surface area contributed by atoms with Crippen LogP contribution in [0.25, 0.3) is 10.9 Å². The van der Waals surface area contributed by atoms with Crippen molar-refractivity contribution in [1.29, 1.82) is 0 Å². The van der Waals surface area contributed by atoms with Crippen LogP contribution in [-0.4, -0.2) is 18.1 Å². The van der Waals surface area contributed by atoms with Crippen LogP contribution in [-0.2, 0) is 0 Å². The number of aromatic nitrogens is 1. The van der Waals surface area contributed by atoms with Crippen molar-refractivity contribution in [3.63, 3.8) is 0 Å². The summed E-state index contributed by atoms with van der Waals surface area (Å²) in [5.74, 6) is 0.553. The molecule has 1 aromatic heterocycles. The lowest BCUT2D eigenvalue weighted by Crippen LogP contribution is -1.86. The maximum Gasteiger partial charge on any atom is 0.152 e. The van der Waals surface area contributed by atoms with Gasteiger partial charge in [-0.25, -0.2) is 4.68 Å². The van der Waals surface area contributed by atoms with Crippen LogP contribution < -0.4 is 4.74 Å². The number of ether oxygens (including phenoxy) is 1. The highest BCUT2D eigenvalue weighted by Gasteiger charge is 2.12. The van der Waals surface area contributed by atoms with Crippen molar-refractivity contribution < 1.29 is 9.53 Å². The van der Waals surface area contributed by atoms with Gasteiger partial charge in [0, 0.05) is 11.8 Å². The van der Waals surface area contributed by atoms with Gasteiger partial charge in [0.2, 0.25) is 0 Å². The van der Waals surface area contributed by atoms with Crippen LogP contribution in [0.4, 0.5) is 0 Å². The Hall–Kier alpha value is -2.17. The van der Waals surface area contributed by atoms with Gasteiger partial charge in [-0.1, -0.05) is 6.07 Å². The molecule has 2 aromatic rings. The number of benzene rings is 1. The largest absolute Gasteiger partial charge is 0.496 e. The third-order valence-electron chi connectivity index (χ3n) is 2.24. The molecule has 0 saturated carbocycles. The van der Waals surface area contributed by atoms with Crippen LogP contribution in [0.5, 0.6) is 5.75 Å². The molecule has 2 rings (SSSR count). The second-order valence-electron chi connectivity index (χ2n) is 2.98. The summed E-state index contributed by atoms with van der Waals surface area (Å²) in [5, 5.41) is 3.40. The van der Waals surface area contributed by atoms with Crippen LogP contribution >= 0.6 is 0 Å². The molecule has 0 unspecified atom stereocenters. The van der Waals surface area contributed by atoms with Gasteiger partial charge >= 0.3 is 0 Å². The Labute approximate surface area is 85.2 Å². The first-order chi connectivity index (χ1) is 7.31. The van der Waals surface area contributed by atoms with Crippen molar-refractivity contribution in [3.8, 4) is 5.75 Å². The van der Waals surface area contributed by atoms with Gasteiger partial charge in [-0.3, -0.25) is 4.79 Å². The van der Waals surface area contributed by atoms with Crippen molar-refractivity contribution >= 4 is 17.2 Å². The van der Waals surface area contributed by atoms with E-state index < -0.39 is 0 Å². The van der Waals surface area contributed by atoms with E-state index in [4.69, 9.17) is 4.74 Å². The fourth-order valence-electron chi connectivity index (χ4n) is 1.59. The number of carbonyl (C=O) groups excluding carboxylic acids is 1. The van der Waals surface area contributed by atoms with Crippen molar-refractivity contribution in [2.45, 2.75) is 0 Å². The molecule has 0 aliphatic carbocycles. The number of carbonyl (C=O) groups is 1. The molecule has 1 aromatic carbocycles. The summed E-state index contributed by atoms with van der Waals surface area (Å²) >= 11 is 0. The van der Waals surface area contributed by atoms with Crippen LogP contribution in [0.15, 0.2) is 29.7 Å². The maximum absolute atomic E-state index is 10.8. The SMILES string of the molecule is COc1cccc2c1c(C=O)cn2N=O. The average Bonchev–Trinajstić information content (AvgIpc) is 2.66. The summed E-state index contributed by atoms with van der Waals surface area (Å²) in [4.78, 5) is 21.3. The summed E-state index contributed by atoms with van der Waals surface area (Å²) in [6.45, 7) is 0. The smallest absolute Gasteiger partial charge is 0.152 e. The first kappa shape index (κ1) is 9.39. The molecule has 0 spiro atoms. The van der Waals surface area contributed by atoms with E-state index in [0.717, 1.165) is 4.68 Å². The minimum absolute atomic E-state index is 0.391. The highest BCUT2D eigenvalue weighted by molar-refractivity contribution is 6.01. The van der Waals surface area contributed by atoms with Crippen LogP contribution in [0.3, 0.4) is 0 Å². The van der Waals surface area contributed by atoms with Crippen LogP contribution in [0, 0.1) is 4.91 Å². The van der Waals surface area contributed by atoms with Crippen molar-refractivity contribution in [2.75, 3.05) is 7.11 Å². The maximum atomic E-state index is 10.8. The molecule has 76 valence electrons. The van der Waals surface area contributed by atoms with E-state index in [0.29, 0.717) is 28.5 Å². The minimum Gasteiger partial charge on any atom is -0.496 e. The highest BCUT2D eigenvalue weighted by atomic mass is 16.5. The van der Waals surface area contributed by atoms with Crippen molar-refractivity contribution in [2.24, 2.45) is 5.29 Å². The van der Waals surface area contributed by atoms with Gasteiger partial charge < -0.3 is 4.74 Å². The quantitative estimate of drug-likeness (QED) is 0.567. The molecule has 0 fully saturated rings. The normalized spacial score (nSPS) is 10.2. The fraction of sp³-hybridized carbons (Fsp3) is 0.100. The lowest BCUT2D eigenvalue weighted by atomic mass is 10.2. The number of nitrogens with zero attached hydrogens (tertiary/aromatic N) is 2. The zero-order chi connectivity index (χ0) is 10.8. The first-order valence-corrected chi connectivity index (χ1v) is 4.28. The van der Waals surface area contributed by atoms with E-state index in [9.17, 15) is 9.70 Å². The third kappa shape index (κ3) is 1.28. The number of hydrogen-bond acceptors (Lipinski definition) is 4. The van der Waals surface area contributed by atoms with Gasteiger partial charge in [-0.15, -0.1) is 4.91 Å². The Morgan fingerprint density at radius 1 is 1.47 bits per heavy atom. The van der Waals surface area contributed by atoms with E-state index in [2.05, 4.69) is 5.29 Å². The highest BCUT2D eigenvalue weighted by Crippen LogP contribution is 2.29. The van der Waals surface area contributed by atoms with E-state index in [1.807, 2.05) is 0 Å².